The van der Waals surface area contributed by atoms with Crippen molar-refractivity contribution < 1.29 is 9.59 Å². The molecule has 4 N–H and O–H groups in total. The molecule has 0 bridgehead atoms. The zero-order valence-electron chi connectivity index (χ0n) is 20.8. The number of aromatic nitrogens is 2. The fourth-order valence-corrected chi connectivity index (χ4v) is 5.07. The number of anilines is 1. The molecule has 2 aromatic rings. The van der Waals surface area contributed by atoms with Crippen LogP contribution >= 0.6 is 0 Å². The van der Waals surface area contributed by atoms with E-state index in [0.717, 1.165) is 37.8 Å². The van der Waals surface area contributed by atoms with Crippen LogP contribution in [0.2, 0.25) is 0 Å². The number of fused-ring (bicyclic) bond motifs is 1. The Morgan fingerprint density at radius 3 is 2.33 bits per heavy atom. The zero-order valence-corrected chi connectivity index (χ0v) is 20.8. The van der Waals surface area contributed by atoms with Gasteiger partial charge in [-0.3, -0.25) is 19.6 Å². The zero-order chi connectivity index (χ0) is 25.4. The number of piperazine rings is 1. The molecule has 36 heavy (non-hydrogen) atoms. The van der Waals surface area contributed by atoms with Gasteiger partial charge in [0.15, 0.2) is 0 Å². The normalized spacial score (nSPS) is 22.2. The number of hydrogen-bond acceptors (Lipinski definition) is 7. The van der Waals surface area contributed by atoms with Crippen LogP contribution in [0.1, 0.15) is 19.4 Å². The third-order valence-electron chi connectivity index (χ3n) is 7.22. The van der Waals surface area contributed by atoms with E-state index in [1.165, 1.54) is 10.1 Å². The van der Waals surface area contributed by atoms with Gasteiger partial charge in [-0.1, -0.05) is 12.1 Å². The molecule has 0 unspecified atom stereocenters. The van der Waals surface area contributed by atoms with Gasteiger partial charge in [-0.05, 0) is 37.6 Å². The highest BCUT2D eigenvalue weighted by Crippen LogP contribution is 2.25. The highest BCUT2D eigenvalue weighted by molar-refractivity contribution is 5.89. The predicted molar refractivity (Wildman–Crippen MR) is 136 cm³/mol. The second-order valence-corrected chi connectivity index (χ2v) is 10.5. The first-order valence-electron chi connectivity index (χ1n) is 12.5. The van der Waals surface area contributed by atoms with Gasteiger partial charge >= 0.3 is 11.7 Å². The van der Waals surface area contributed by atoms with Crippen molar-refractivity contribution in [3.63, 3.8) is 0 Å². The summed E-state index contributed by atoms with van der Waals surface area (Å²) in [6, 6.07) is 9.82. The van der Waals surface area contributed by atoms with E-state index in [0.29, 0.717) is 32.2 Å². The van der Waals surface area contributed by atoms with E-state index < -0.39 is 11.2 Å². The Morgan fingerprint density at radius 1 is 1.08 bits per heavy atom. The summed E-state index contributed by atoms with van der Waals surface area (Å²) in [4.78, 5) is 47.4. The summed E-state index contributed by atoms with van der Waals surface area (Å²) >= 11 is 0. The van der Waals surface area contributed by atoms with E-state index in [4.69, 9.17) is 5.73 Å². The first-order valence-corrected chi connectivity index (χ1v) is 12.5. The molecule has 0 radical (unpaired) electrons. The van der Waals surface area contributed by atoms with Crippen molar-refractivity contribution in [1.82, 2.24) is 29.6 Å². The first kappa shape index (κ1) is 24.4. The lowest BCUT2D eigenvalue weighted by Crippen LogP contribution is -2.58. The Labute approximate surface area is 210 Å². The van der Waals surface area contributed by atoms with Crippen LogP contribution in [0.5, 0.6) is 0 Å². The fourth-order valence-electron chi connectivity index (χ4n) is 5.07. The van der Waals surface area contributed by atoms with Crippen molar-refractivity contribution in [2.45, 2.75) is 32.0 Å². The molecule has 0 spiro atoms. The van der Waals surface area contributed by atoms with Gasteiger partial charge in [0.2, 0.25) is 5.91 Å². The number of nitrogens with zero attached hydrogens (tertiary/aromatic N) is 5. The molecule has 0 saturated carbocycles. The lowest BCUT2D eigenvalue weighted by atomic mass is 9.96. The maximum atomic E-state index is 12.7. The maximum Gasteiger partial charge on any atom is 0.354 e. The predicted octanol–water partition coefficient (Wildman–Crippen LogP) is 0.0495. The monoisotopic (exact) mass is 494 g/mol. The summed E-state index contributed by atoms with van der Waals surface area (Å²) in [5, 5.41) is 6.16. The van der Waals surface area contributed by atoms with E-state index >= 15 is 0 Å². The minimum absolute atomic E-state index is 0.138. The molecule has 192 valence electrons. The molecule has 11 heteroatoms. The van der Waals surface area contributed by atoms with Crippen molar-refractivity contribution in [3.05, 3.63) is 52.6 Å². The van der Waals surface area contributed by atoms with E-state index in [1.807, 2.05) is 24.3 Å². The summed E-state index contributed by atoms with van der Waals surface area (Å²) in [6.07, 6.45) is 1.61. The Morgan fingerprint density at radius 2 is 1.78 bits per heavy atom. The Hall–Kier alpha value is -3.28. The highest BCUT2D eigenvalue weighted by atomic mass is 16.2. The van der Waals surface area contributed by atoms with E-state index in [1.54, 1.807) is 35.9 Å². The molecular weight excluding hydrogens is 460 g/mol. The average Bonchev–Trinajstić information content (AvgIpc) is 3.12. The number of urea groups is 1. The molecule has 1 aromatic carbocycles. The molecule has 3 aliphatic rings. The number of nitrogens with one attached hydrogen (secondary N) is 2. The van der Waals surface area contributed by atoms with E-state index in [-0.39, 0.29) is 17.8 Å². The standard InChI is InChI=1S/C25H34N8O3/c1-25(2,26)22(34)31-9-11-32(12-10-31)23(35)28-21-7-8-33(24(36)29-21)19-5-3-17(4-6-19)14-30-15-18-13-27-20(18)16-30/h3-8,18,20,27H,9-16,26H2,1-2H3,(H,28,29,35,36)/t18-,20+/m0/s1. The number of amides is 3. The molecule has 1 aromatic heterocycles. The third-order valence-corrected chi connectivity index (χ3v) is 7.22. The lowest BCUT2D eigenvalue weighted by molar-refractivity contribution is -0.137. The van der Waals surface area contributed by atoms with E-state index in [9.17, 15) is 14.4 Å². The van der Waals surface area contributed by atoms with Gasteiger partial charge in [-0.15, -0.1) is 0 Å². The number of hydrogen-bond donors (Lipinski definition) is 3. The Balaban J connectivity index is 1.16. The molecule has 5 rings (SSSR count). The van der Waals surface area contributed by atoms with Crippen LogP contribution in [-0.2, 0) is 11.3 Å². The smallest absolute Gasteiger partial charge is 0.338 e. The molecule has 2 atom stereocenters. The van der Waals surface area contributed by atoms with Crippen LogP contribution in [0.25, 0.3) is 5.69 Å². The fraction of sp³-hybridized carbons (Fsp3) is 0.520. The van der Waals surface area contributed by atoms with Gasteiger partial charge in [0, 0.05) is 70.5 Å². The minimum atomic E-state index is -0.941. The van der Waals surface area contributed by atoms with Crippen molar-refractivity contribution in [2.75, 3.05) is 51.1 Å². The maximum absolute atomic E-state index is 12.7. The highest BCUT2D eigenvalue weighted by Gasteiger charge is 2.38. The SMILES string of the molecule is CC(C)(N)C(=O)N1CCN(C(=O)Nc2ccn(-c3ccc(CN4C[C@@H]5CN[C@@H]5C4)cc3)c(=O)n2)CC1. The van der Waals surface area contributed by atoms with E-state index in [2.05, 4.69) is 20.5 Å². The van der Waals surface area contributed by atoms with Gasteiger partial charge in [-0.25, -0.2) is 9.59 Å². The van der Waals surface area contributed by atoms with Crippen LogP contribution in [0.3, 0.4) is 0 Å². The van der Waals surface area contributed by atoms with Gasteiger partial charge in [0.1, 0.15) is 5.82 Å². The lowest BCUT2D eigenvalue weighted by Gasteiger charge is -2.37. The molecule has 3 amide bonds. The number of likely N-dealkylation sites (tertiary alicyclic amines) is 1. The summed E-state index contributed by atoms with van der Waals surface area (Å²) in [5.74, 6) is 0.836. The van der Waals surface area contributed by atoms with Gasteiger partial charge in [-0.2, -0.15) is 4.98 Å². The molecule has 11 nitrogen and oxygen atoms in total. The van der Waals surface area contributed by atoms with Crippen LogP contribution in [-0.4, -0.2) is 93.6 Å². The van der Waals surface area contributed by atoms with Crippen molar-refractivity contribution in [2.24, 2.45) is 11.7 Å². The molecule has 3 fully saturated rings. The quantitative estimate of drug-likeness (QED) is 0.536. The van der Waals surface area contributed by atoms with Crippen LogP contribution in [0, 0.1) is 5.92 Å². The first-order chi connectivity index (χ1) is 17.2. The van der Waals surface area contributed by atoms with Gasteiger partial charge < -0.3 is 20.9 Å². The number of nitrogens with two attached hydrogens (primary N) is 1. The van der Waals surface area contributed by atoms with Crippen LogP contribution in [0.4, 0.5) is 10.6 Å². The Bertz CT molecular complexity index is 1170. The molecule has 4 heterocycles. The molecule has 3 saturated heterocycles. The van der Waals surface area contributed by atoms with Gasteiger partial charge in [0.05, 0.1) is 11.2 Å². The number of benzene rings is 1. The van der Waals surface area contributed by atoms with Crippen molar-refractivity contribution in [1.29, 1.82) is 0 Å². The summed E-state index contributed by atoms with van der Waals surface area (Å²) in [7, 11) is 0. The largest absolute Gasteiger partial charge is 0.354 e. The summed E-state index contributed by atoms with van der Waals surface area (Å²) in [5.41, 5.74) is 6.42. The number of carbonyl (C=O) groups is 2. The average molecular weight is 495 g/mol. The molecule has 0 aliphatic carbocycles. The summed E-state index contributed by atoms with van der Waals surface area (Å²) in [6.45, 7) is 9.17. The topological polar surface area (TPSA) is 129 Å². The third kappa shape index (κ3) is 5.13. The second kappa shape index (κ2) is 9.64. The second-order valence-electron chi connectivity index (χ2n) is 10.5. The Kier molecular flexibility index (Phi) is 6.54. The van der Waals surface area contributed by atoms with Crippen LogP contribution < -0.4 is 22.1 Å². The minimum Gasteiger partial charge on any atom is -0.338 e. The van der Waals surface area contributed by atoms with Crippen molar-refractivity contribution in [3.8, 4) is 5.69 Å². The van der Waals surface area contributed by atoms with Gasteiger partial charge in [0.25, 0.3) is 0 Å². The van der Waals surface area contributed by atoms with Crippen molar-refractivity contribution >= 4 is 17.8 Å². The molecule has 3 aliphatic heterocycles. The number of carbonyl (C=O) groups excluding carboxylic acids is 2. The number of rotatable bonds is 5. The summed E-state index contributed by atoms with van der Waals surface area (Å²) < 4.78 is 1.46. The molecular formula is C25H34N8O3. The van der Waals surface area contributed by atoms with Crippen LogP contribution in [0.15, 0.2) is 41.3 Å².